The monoisotopic (exact) mass is 134 g/mol. The molecule has 48 valence electrons. The molecule has 0 aliphatic heterocycles. The van der Waals surface area contributed by atoms with Gasteiger partial charge in [0.05, 0.1) is 6.26 Å². The fourth-order valence-corrected chi connectivity index (χ4v) is 0.858. The van der Waals surface area contributed by atoms with Gasteiger partial charge in [-0.2, -0.15) is 0 Å². The first-order valence-corrected chi connectivity index (χ1v) is 3.58. The predicted molar refractivity (Wildman–Crippen MR) is 32.4 cm³/mol. The Morgan fingerprint density at radius 2 is 1.88 bits per heavy atom. The Labute approximate surface area is 50.8 Å². The Kier molecular flexibility index (Phi) is 4.63. The molecule has 3 nitrogen and oxygen atoms in total. The van der Waals surface area contributed by atoms with Gasteiger partial charge in [-0.05, 0) is 0 Å². The summed E-state index contributed by atoms with van der Waals surface area (Å²) >= 11 is 0. The molecule has 0 atom stereocenters. The zero-order chi connectivity index (χ0) is 6.41. The summed E-state index contributed by atoms with van der Waals surface area (Å²) in [5, 5.41) is 0. The molecule has 0 aromatic carbocycles. The van der Waals surface area contributed by atoms with E-state index in [4.69, 9.17) is 13.3 Å². The molecule has 0 aromatic rings. The van der Waals surface area contributed by atoms with Crippen molar-refractivity contribution < 1.29 is 13.3 Å². The summed E-state index contributed by atoms with van der Waals surface area (Å²) in [6.07, 6.45) is 1.32. The average molecular weight is 134 g/mol. The van der Waals surface area contributed by atoms with Crippen LogP contribution in [0.1, 0.15) is 0 Å². The van der Waals surface area contributed by atoms with E-state index in [0.29, 0.717) is 0 Å². The van der Waals surface area contributed by atoms with E-state index < -0.39 is 9.53 Å². The molecule has 0 saturated carbocycles. The van der Waals surface area contributed by atoms with Gasteiger partial charge in [0, 0.05) is 14.2 Å². The maximum absolute atomic E-state index is 4.80. The second-order valence-corrected chi connectivity index (χ2v) is 2.86. The average Bonchev–Trinajstić information content (AvgIpc) is 1.83. The normalized spacial score (nSPS) is 9.38. The lowest BCUT2D eigenvalue weighted by Crippen LogP contribution is -2.20. The molecule has 0 aliphatic carbocycles. The van der Waals surface area contributed by atoms with Crippen molar-refractivity contribution >= 4 is 9.53 Å². The Morgan fingerprint density at radius 1 is 1.38 bits per heavy atom. The third kappa shape index (κ3) is 2.79. The van der Waals surface area contributed by atoms with E-state index in [1.807, 2.05) is 0 Å². The molecule has 0 aliphatic rings. The minimum atomic E-state index is -1.81. The Bertz CT molecular complexity index is 62.3. The molecule has 0 heterocycles. The minimum absolute atomic E-state index is 1.32. The van der Waals surface area contributed by atoms with Crippen LogP contribution in [0.2, 0.25) is 0 Å². The molecule has 4 heteroatoms. The van der Waals surface area contributed by atoms with E-state index in [9.17, 15) is 0 Å². The number of hydrogen-bond donors (Lipinski definition) is 0. The summed E-state index contributed by atoms with van der Waals surface area (Å²) in [4.78, 5) is 0. The molecule has 0 radical (unpaired) electrons. The Hall–Kier alpha value is -0.323. The molecule has 0 bridgehead atoms. The fourth-order valence-electron chi connectivity index (χ4n) is 0.286. The fraction of sp³-hybridized carbons (Fsp3) is 0.500. The van der Waals surface area contributed by atoms with Crippen LogP contribution in [0.25, 0.3) is 0 Å². The molecule has 0 fully saturated rings. The quantitative estimate of drug-likeness (QED) is 0.405. The summed E-state index contributed by atoms with van der Waals surface area (Å²) in [5.74, 6) is 0. The van der Waals surface area contributed by atoms with Crippen molar-refractivity contribution in [2.45, 2.75) is 0 Å². The first-order chi connectivity index (χ1) is 3.85. The number of rotatable bonds is 4. The summed E-state index contributed by atoms with van der Waals surface area (Å²) < 4.78 is 14.3. The van der Waals surface area contributed by atoms with E-state index in [0.717, 1.165) is 0 Å². The van der Waals surface area contributed by atoms with Crippen LogP contribution < -0.4 is 0 Å². The zero-order valence-corrected chi connectivity index (χ0v) is 6.24. The van der Waals surface area contributed by atoms with Gasteiger partial charge in [0.2, 0.25) is 0 Å². The maximum Gasteiger partial charge on any atom is 0.548 e. The minimum Gasteiger partial charge on any atom is -0.510 e. The van der Waals surface area contributed by atoms with Gasteiger partial charge >= 0.3 is 9.53 Å². The van der Waals surface area contributed by atoms with E-state index in [2.05, 4.69) is 6.58 Å². The summed E-state index contributed by atoms with van der Waals surface area (Å²) in [6, 6.07) is 0. The lowest BCUT2D eigenvalue weighted by molar-refractivity contribution is 0.182. The standard InChI is InChI=1S/C4H10O3Si/c1-4-7-8(5-2)6-3/h4,8H,1H2,2-3H3. The van der Waals surface area contributed by atoms with Crippen LogP contribution in [0.15, 0.2) is 12.8 Å². The molecule has 0 spiro atoms. The zero-order valence-electron chi connectivity index (χ0n) is 5.09. The summed E-state index contributed by atoms with van der Waals surface area (Å²) in [6.45, 7) is 3.35. The van der Waals surface area contributed by atoms with Crippen molar-refractivity contribution in [3.8, 4) is 0 Å². The lowest BCUT2D eigenvalue weighted by Gasteiger charge is -2.07. The molecule has 0 amide bonds. The van der Waals surface area contributed by atoms with Gasteiger partial charge in [-0.25, -0.2) is 0 Å². The summed E-state index contributed by atoms with van der Waals surface area (Å²) in [7, 11) is 1.28. The van der Waals surface area contributed by atoms with Gasteiger partial charge in [0.15, 0.2) is 0 Å². The SMILES string of the molecule is C=CO[SiH](OC)OC. The van der Waals surface area contributed by atoms with Crippen molar-refractivity contribution in [2.24, 2.45) is 0 Å². The molecule has 0 unspecified atom stereocenters. The highest BCUT2D eigenvalue weighted by atomic mass is 28.3. The highest BCUT2D eigenvalue weighted by molar-refractivity contribution is 6.36. The topological polar surface area (TPSA) is 27.7 Å². The van der Waals surface area contributed by atoms with Crippen molar-refractivity contribution in [2.75, 3.05) is 14.2 Å². The molecular formula is C4H10O3Si. The molecule has 0 aromatic heterocycles. The van der Waals surface area contributed by atoms with Crippen LogP contribution in [0.5, 0.6) is 0 Å². The van der Waals surface area contributed by atoms with Crippen molar-refractivity contribution in [3.63, 3.8) is 0 Å². The highest BCUT2D eigenvalue weighted by Gasteiger charge is 2.07. The summed E-state index contributed by atoms with van der Waals surface area (Å²) in [5.41, 5.74) is 0. The van der Waals surface area contributed by atoms with Crippen LogP contribution in [0, 0.1) is 0 Å². The van der Waals surface area contributed by atoms with Crippen LogP contribution in [-0.2, 0) is 13.3 Å². The van der Waals surface area contributed by atoms with E-state index in [1.54, 1.807) is 14.2 Å². The van der Waals surface area contributed by atoms with Gasteiger partial charge < -0.3 is 13.3 Å². The van der Waals surface area contributed by atoms with Gasteiger partial charge in [-0.1, -0.05) is 6.58 Å². The van der Waals surface area contributed by atoms with Crippen LogP contribution in [-0.4, -0.2) is 23.7 Å². The van der Waals surface area contributed by atoms with Crippen LogP contribution in [0.3, 0.4) is 0 Å². The molecule has 8 heavy (non-hydrogen) atoms. The lowest BCUT2D eigenvalue weighted by atomic mass is 11.2. The smallest absolute Gasteiger partial charge is 0.510 e. The van der Waals surface area contributed by atoms with Gasteiger partial charge in [-0.15, -0.1) is 0 Å². The molecule has 0 N–H and O–H groups in total. The van der Waals surface area contributed by atoms with Crippen molar-refractivity contribution in [1.29, 1.82) is 0 Å². The van der Waals surface area contributed by atoms with E-state index in [-0.39, 0.29) is 0 Å². The highest BCUT2D eigenvalue weighted by Crippen LogP contribution is 1.85. The first kappa shape index (κ1) is 7.68. The van der Waals surface area contributed by atoms with E-state index in [1.165, 1.54) is 6.26 Å². The molecule has 0 rings (SSSR count). The third-order valence-electron chi connectivity index (χ3n) is 0.592. The second kappa shape index (κ2) is 4.83. The Morgan fingerprint density at radius 3 is 2.00 bits per heavy atom. The largest absolute Gasteiger partial charge is 0.548 e. The number of hydrogen-bond acceptors (Lipinski definition) is 3. The third-order valence-corrected chi connectivity index (χ3v) is 1.78. The molecule has 0 saturated heterocycles. The van der Waals surface area contributed by atoms with Crippen LogP contribution >= 0.6 is 0 Å². The first-order valence-electron chi connectivity index (χ1n) is 2.17. The maximum atomic E-state index is 4.80. The molecular weight excluding hydrogens is 124 g/mol. The van der Waals surface area contributed by atoms with Crippen molar-refractivity contribution in [1.82, 2.24) is 0 Å². The van der Waals surface area contributed by atoms with Gasteiger partial charge in [0.1, 0.15) is 0 Å². The van der Waals surface area contributed by atoms with Crippen LogP contribution in [0.4, 0.5) is 0 Å². The van der Waals surface area contributed by atoms with Crippen molar-refractivity contribution in [3.05, 3.63) is 12.8 Å². The van der Waals surface area contributed by atoms with Gasteiger partial charge in [0.25, 0.3) is 0 Å². The second-order valence-electron chi connectivity index (χ2n) is 1.06. The Balaban J connectivity index is 3.20. The predicted octanol–water partition coefficient (Wildman–Crippen LogP) is 0.156. The van der Waals surface area contributed by atoms with E-state index >= 15 is 0 Å². The van der Waals surface area contributed by atoms with Gasteiger partial charge in [-0.3, -0.25) is 0 Å².